The van der Waals surface area contributed by atoms with Gasteiger partial charge < -0.3 is 65.9 Å². The summed E-state index contributed by atoms with van der Waals surface area (Å²) in [6.07, 6.45) is 11.4. The van der Waals surface area contributed by atoms with Gasteiger partial charge >= 0.3 is 17.6 Å². The lowest BCUT2D eigenvalue weighted by molar-refractivity contribution is -0.0208. The van der Waals surface area contributed by atoms with Crippen molar-refractivity contribution in [1.29, 1.82) is 0 Å². The molecule has 6 atom stereocenters. The first-order valence-electron chi connectivity index (χ1n) is 24.7. The molecule has 0 spiro atoms. The highest BCUT2D eigenvalue weighted by molar-refractivity contribution is 6.60. The summed E-state index contributed by atoms with van der Waals surface area (Å²) in [5.41, 5.74) is 0. The van der Waals surface area contributed by atoms with Gasteiger partial charge in [0.05, 0.1) is 50.8 Å². The summed E-state index contributed by atoms with van der Waals surface area (Å²) < 4.78 is 56.6. The Hall–Kier alpha value is -0.206. The van der Waals surface area contributed by atoms with Gasteiger partial charge in [0.15, 0.2) is 0 Å². The molecule has 0 aliphatic rings. The Morgan fingerprint density at radius 1 is 0.391 bits per heavy atom. The molecule has 0 radical (unpaired) electrons. The minimum Gasteiger partial charge on any atom is -0.389 e. The number of aliphatic hydroxyl groups is 4. The van der Waals surface area contributed by atoms with Crippen LogP contribution < -0.4 is 0 Å². The maximum absolute atomic E-state index is 11.0. The lowest BCUT2D eigenvalue weighted by Gasteiger charge is -2.28. The summed E-state index contributed by atoms with van der Waals surface area (Å²) in [6.45, 7) is 14.8. The lowest BCUT2D eigenvalue weighted by Crippen LogP contribution is -2.43. The van der Waals surface area contributed by atoms with Gasteiger partial charge in [-0.15, -0.1) is 0 Å². The normalized spacial score (nSPS) is 15.6. The van der Waals surface area contributed by atoms with E-state index in [1.54, 1.807) is 42.7 Å². The molecule has 0 amide bonds. The molecule has 6 unspecified atom stereocenters. The second-order valence-corrected chi connectivity index (χ2v) is 23.6. The SMILES string of the molecule is CCCCC(CC)COCC(O)CN(CCCCCCN(CC(O)COCCC[Si](OC)(OC)OC)CC(O)COCCC[Si](OC)(OC)OC)CC(O)COCC(CC)CCCC. The van der Waals surface area contributed by atoms with Crippen molar-refractivity contribution in [1.82, 2.24) is 9.80 Å². The first kappa shape index (κ1) is 63.8. The van der Waals surface area contributed by atoms with Crippen molar-refractivity contribution in [3.05, 3.63) is 0 Å². The van der Waals surface area contributed by atoms with E-state index in [2.05, 4.69) is 37.5 Å². The third-order valence-corrected chi connectivity index (χ3v) is 17.7. The molecule has 0 rings (SSSR count). The zero-order valence-corrected chi connectivity index (χ0v) is 44.4. The quantitative estimate of drug-likeness (QED) is 0.0435. The van der Waals surface area contributed by atoms with Crippen LogP contribution in [0.1, 0.15) is 118 Å². The van der Waals surface area contributed by atoms with Crippen LogP contribution in [0.4, 0.5) is 0 Å². The van der Waals surface area contributed by atoms with Crippen LogP contribution in [-0.2, 0) is 45.5 Å². The van der Waals surface area contributed by atoms with Crippen LogP contribution in [0.2, 0.25) is 12.1 Å². The molecule has 0 aromatic carbocycles. The van der Waals surface area contributed by atoms with Gasteiger partial charge in [-0.05, 0) is 63.5 Å². The molecule has 0 saturated heterocycles. The van der Waals surface area contributed by atoms with Crippen molar-refractivity contribution < 1.29 is 65.9 Å². The van der Waals surface area contributed by atoms with Crippen molar-refractivity contribution in [2.75, 3.05) is 135 Å². The molecule has 0 aliphatic heterocycles. The largest absolute Gasteiger partial charge is 0.500 e. The van der Waals surface area contributed by atoms with Gasteiger partial charge in [0.2, 0.25) is 0 Å². The van der Waals surface area contributed by atoms with E-state index in [-0.39, 0.29) is 26.4 Å². The molecule has 0 bridgehead atoms. The van der Waals surface area contributed by atoms with Crippen molar-refractivity contribution in [2.45, 2.75) is 154 Å². The van der Waals surface area contributed by atoms with Crippen LogP contribution >= 0.6 is 0 Å². The number of rotatable bonds is 49. The van der Waals surface area contributed by atoms with Crippen LogP contribution in [0, 0.1) is 11.8 Å². The fourth-order valence-corrected chi connectivity index (χ4v) is 11.2. The third-order valence-electron chi connectivity index (χ3n) is 12.0. The number of hydrogen-bond acceptors (Lipinski definition) is 16. The molecule has 0 aliphatic carbocycles. The minimum atomic E-state index is -2.69. The predicted octanol–water partition coefficient (Wildman–Crippen LogP) is 5.63. The van der Waals surface area contributed by atoms with Gasteiger partial charge in [-0.25, -0.2) is 0 Å². The average Bonchev–Trinajstić information content (AvgIpc) is 3.29. The lowest BCUT2D eigenvalue weighted by atomic mass is 10.0. The van der Waals surface area contributed by atoms with E-state index in [0.717, 1.165) is 57.9 Å². The molecular weight excluding hydrogens is 861 g/mol. The van der Waals surface area contributed by atoms with E-state index in [1.165, 1.54) is 25.7 Å². The Labute approximate surface area is 392 Å². The number of hydrogen-bond donors (Lipinski definition) is 4. The van der Waals surface area contributed by atoms with Gasteiger partial charge in [-0.2, -0.15) is 0 Å². The molecule has 16 nitrogen and oxygen atoms in total. The highest BCUT2D eigenvalue weighted by Gasteiger charge is 2.37. The van der Waals surface area contributed by atoms with Gasteiger partial charge in [-0.3, -0.25) is 9.80 Å². The molecule has 0 aromatic heterocycles. The summed E-state index contributed by atoms with van der Waals surface area (Å²) in [7, 11) is 4.15. The first-order valence-corrected chi connectivity index (χ1v) is 28.5. The second kappa shape index (κ2) is 41.7. The molecule has 64 heavy (non-hydrogen) atoms. The van der Waals surface area contributed by atoms with Crippen LogP contribution in [0.25, 0.3) is 0 Å². The molecule has 0 saturated carbocycles. The van der Waals surface area contributed by atoms with Crippen LogP contribution in [0.5, 0.6) is 0 Å². The fraction of sp³-hybridized carbons (Fsp3) is 1.00. The van der Waals surface area contributed by atoms with E-state index in [4.69, 9.17) is 45.5 Å². The average molecular weight is 961 g/mol. The number of unbranched alkanes of at least 4 members (excludes halogenated alkanes) is 5. The van der Waals surface area contributed by atoms with Crippen LogP contribution in [-0.4, -0.2) is 207 Å². The summed E-state index contributed by atoms with van der Waals surface area (Å²) in [6, 6.07) is 1.21. The highest BCUT2D eigenvalue weighted by atomic mass is 28.4. The molecular formula is C46H100N2O14Si2. The van der Waals surface area contributed by atoms with Gasteiger partial charge in [0.1, 0.15) is 0 Å². The molecule has 0 heterocycles. The molecule has 0 aromatic rings. The monoisotopic (exact) mass is 961 g/mol. The summed E-state index contributed by atoms with van der Waals surface area (Å²) in [5.74, 6) is 1.02. The van der Waals surface area contributed by atoms with Gasteiger partial charge in [0.25, 0.3) is 0 Å². The highest BCUT2D eigenvalue weighted by Crippen LogP contribution is 2.18. The Morgan fingerprint density at radius 2 is 0.703 bits per heavy atom. The van der Waals surface area contributed by atoms with E-state index in [9.17, 15) is 20.4 Å². The predicted molar refractivity (Wildman–Crippen MR) is 258 cm³/mol. The van der Waals surface area contributed by atoms with Gasteiger partial charge in [-0.1, -0.05) is 79.1 Å². The maximum atomic E-state index is 11.0. The van der Waals surface area contributed by atoms with E-state index in [1.807, 2.05) is 0 Å². The molecule has 18 heteroatoms. The second-order valence-electron chi connectivity index (χ2n) is 17.4. The zero-order chi connectivity index (χ0) is 47.9. The molecule has 4 N–H and O–H groups in total. The fourth-order valence-electron chi connectivity index (χ4n) is 7.81. The number of aliphatic hydroxyl groups excluding tert-OH is 4. The number of ether oxygens (including phenoxy) is 4. The Morgan fingerprint density at radius 3 is 0.984 bits per heavy atom. The zero-order valence-electron chi connectivity index (χ0n) is 42.4. The van der Waals surface area contributed by atoms with E-state index in [0.29, 0.717) is 95.9 Å². The summed E-state index contributed by atoms with van der Waals surface area (Å²) in [5, 5.41) is 44.0. The Balaban J connectivity index is 5.33. The van der Waals surface area contributed by atoms with Crippen molar-refractivity contribution >= 4 is 17.6 Å². The smallest absolute Gasteiger partial charge is 0.389 e. The standard InChI is InChI=1S/C46H100N2O14Si2/c1-11-15-23-41(13-3)35-61-39-45(51)33-48(34-46(52)40-62-36-42(14-4)24-16-12-2)26-20-18-17-19-25-47(31-43(49)37-59-27-21-29-63(53-5,54-6)55-7)32-44(50)38-60-28-22-30-64(56-8,57-9)58-10/h41-46,49-52H,11-40H2,1-10H3. The third kappa shape index (κ3) is 31.8. The summed E-state index contributed by atoms with van der Waals surface area (Å²) >= 11 is 0. The maximum Gasteiger partial charge on any atom is 0.500 e. The number of nitrogens with zero attached hydrogens (tertiary/aromatic N) is 2. The Bertz CT molecular complexity index is 926. The minimum absolute atomic E-state index is 0.161. The molecule has 0 fully saturated rings. The molecule has 386 valence electrons. The first-order chi connectivity index (χ1) is 30.9. The van der Waals surface area contributed by atoms with E-state index >= 15 is 0 Å². The summed E-state index contributed by atoms with van der Waals surface area (Å²) in [4.78, 5) is 4.23. The van der Waals surface area contributed by atoms with Crippen LogP contribution in [0.3, 0.4) is 0 Å². The van der Waals surface area contributed by atoms with E-state index < -0.39 is 42.0 Å². The van der Waals surface area contributed by atoms with Gasteiger partial charge in [0, 0.05) is 107 Å². The Kier molecular flexibility index (Phi) is 41.6. The van der Waals surface area contributed by atoms with Crippen molar-refractivity contribution in [3.8, 4) is 0 Å². The van der Waals surface area contributed by atoms with Crippen molar-refractivity contribution in [2.24, 2.45) is 11.8 Å². The van der Waals surface area contributed by atoms with Crippen LogP contribution in [0.15, 0.2) is 0 Å². The van der Waals surface area contributed by atoms with Crippen molar-refractivity contribution in [3.63, 3.8) is 0 Å². The topological polar surface area (TPSA) is 180 Å².